The van der Waals surface area contributed by atoms with Gasteiger partial charge in [-0.2, -0.15) is 0 Å². The molecule has 0 spiro atoms. The van der Waals surface area contributed by atoms with Crippen LogP contribution in [-0.2, 0) is 11.3 Å². The van der Waals surface area contributed by atoms with Gasteiger partial charge in [0.1, 0.15) is 0 Å². The largest absolute Gasteiger partial charge is 0.356 e. The number of hydrogen-bond donors (Lipinski definition) is 1. The molecule has 3 aromatic rings. The van der Waals surface area contributed by atoms with Gasteiger partial charge in [0.15, 0.2) is 0 Å². The third-order valence-electron chi connectivity index (χ3n) is 3.94. The molecule has 1 aromatic heterocycles. The molecule has 1 aliphatic heterocycles. The maximum Gasteiger partial charge on any atom is 0.224 e. The van der Waals surface area contributed by atoms with Crippen molar-refractivity contribution < 1.29 is 4.79 Å². The second kappa shape index (κ2) is 3.97. The summed E-state index contributed by atoms with van der Waals surface area (Å²) in [5, 5.41) is 1.22. The number of carbonyl (C=O) groups is 1. The van der Waals surface area contributed by atoms with E-state index >= 15 is 0 Å². The summed E-state index contributed by atoms with van der Waals surface area (Å²) in [4.78, 5) is 17.2. The highest BCUT2D eigenvalue weighted by Crippen LogP contribution is 2.42. The normalized spacial score (nSPS) is 13.2. The molecule has 4 rings (SSSR count). The summed E-state index contributed by atoms with van der Waals surface area (Å²) in [5.74, 6) is 0.0711. The first-order chi connectivity index (χ1) is 9.75. The Kier molecular flexibility index (Phi) is 2.24. The fourth-order valence-electron chi connectivity index (χ4n) is 3.07. The van der Waals surface area contributed by atoms with Crippen LogP contribution in [0, 0.1) is 0 Å². The number of fused-ring (bicyclic) bond motifs is 5. The Balaban J connectivity index is 2.07. The average molecular weight is 262 g/mol. The molecule has 98 valence electrons. The van der Waals surface area contributed by atoms with Gasteiger partial charge in [0.05, 0.1) is 12.2 Å². The lowest BCUT2D eigenvalue weighted by Crippen LogP contribution is -2.30. The summed E-state index contributed by atoms with van der Waals surface area (Å²) in [6.45, 7) is 2.22. The summed E-state index contributed by atoms with van der Waals surface area (Å²) >= 11 is 0. The van der Waals surface area contributed by atoms with Crippen molar-refractivity contribution >= 4 is 22.5 Å². The minimum Gasteiger partial charge on any atom is -0.356 e. The highest BCUT2D eigenvalue weighted by Gasteiger charge is 2.26. The van der Waals surface area contributed by atoms with E-state index < -0.39 is 0 Å². The van der Waals surface area contributed by atoms with Crippen molar-refractivity contribution in [2.45, 2.75) is 13.5 Å². The molecule has 0 saturated carbocycles. The molecule has 2 heterocycles. The molecule has 3 heteroatoms. The maximum absolute atomic E-state index is 11.9. The van der Waals surface area contributed by atoms with Gasteiger partial charge >= 0.3 is 0 Å². The smallest absolute Gasteiger partial charge is 0.224 e. The van der Waals surface area contributed by atoms with E-state index in [1.165, 1.54) is 10.9 Å². The lowest BCUT2D eigenvalue weighted by atomic mass is 9.96. The average Bonchev–Trinajstić information content (AvgIpc) is 2.84. The molecule has 0 bridgehead atoms. The minimum absolute atomic E-state index is 0.0711. The van der Waals surface area contributed by atoms with Gasteiger partial charge in [0, 0.05) is 34.6 Å². The summed E-state index contributed by atoms with van der Waals surface area (Å²) in [6.07, 6.45) is 0. The Morgan fingerprint density at radius 1 is 1.10 bits per heavy atom. The molecule has 1 amide bonds. The van der Waals surface area contributed by atoms with Crippen LogP contribution in [0.25, 0.3) is 22.0 Å². The quantitative estimate of drug-likeness (QED) is 0.659. The van der Waals surface area contributed by atoms with Gasteiger partial charge in [-0.3, -0.25) is 4.79 Å². The van der Waals surface area contributed by atoms with Crippen LogP contribution in [0.4, 0.5) is 5.69 Å². The van der Waals surface area contributed by atoms with Gasteiger partial charge in [-0.25, -0.2) is 0 Å². The number of rotatable bonds is 0. The molecule has 1 N–H and O–H groups in total. The van der Waals surface area contributed by atoms with E-state index in [2.05, 4.69) is 29.2 Å². The SMILES string of the molecule is CC(=O)N1Cc2[nH]c3ccccc3c2-c2ccccc21. The van der Waals surface area contributed by atoms with Crippen molar-refractivity contribution in [1.82, 2.24) is 4.98 Å². The van der Waals surface area contributed by atoms with Crippen LogP contribution in [0.15, 0.2) is 48.5 Å². The highest BCUT2D eigenvalue weighted by atomic mass is 16.2. The Bertz CT molecular complexity index is 832. The van der Waals surface area contributed by atoms with E-state index in [-0.39, 0.29) is 5.91 Å². The first-order valence-electron chi connectivity index (χ1n) is 6.73. The van der Waals surface area contributed by atoms with Gasteiger partial charge in [0.2, 0.25) is 5.91 Å². The molecule has 3 nitrogen and oxygen atoms in total. The molecule has 2 aromatic carbocycles. The van der Waals surface area contributed by atoms with Crippen LogP contribution in [0.5, 0.6) is 0 Å². The van der Waals surface area contributed by atoms with Crippen molar-refractivity contribution in [1.29, 1.82) is 0 Å². The van der Waals surface area contributed by atoms with Crippen LogP contribution < -0.4 is 4.90 Å². The standard InChI is InChI=1S/C17H14N2O/c1-11(20)19-10-15-17(13-7-3-5-9-16(13)19)12-6-2-4-8-14(12)18-15/h2-9,18H,10H2,1H3. The second-order valence-electron chi connectivity index (χ2n) is 5.15. The number of aromatic nitrogens is 1. The first-order valence-corrected chi connectivity index (χ1v) is 6.73. The van der Waals surface area contributed by atoms with Crippen LogP contribution >= 0.6 is 0 Å². The van der Waals surface area contributed by atoms with E-state index in [1.807, 2.05) is 29.2 Å². The summed E-state index contributed by atoms with van der Waals surface area (Å²) in [6, 6.07) is 16.4. The van der Waals surface area contributed by atoms with E-state index in [0.717, 1.165) is 22.5 Å². The van der Waals surface area contributed by atoms with Crippen LogP contribution in [-0.4, -0.2) is 10.9 Å². The number of nitrogens with one attached hydrogen (secondary N) is 1. The Morgan fingerprint density at radius 2 is 1.85 bits per heavy atom. The number of H-pyrrole nitrogens is 1. The third kappa shape index (κ3) is 1.43. The van der Waals surface area contributed by atoms with Gasteiger partial charge in [-0.1, -0.05) is 36.4 Å². The van der Waals surface area contributed by atoms with Crippen molar-refractivity contribution in [3.05, 3.63) is 54.2 Å². The van der Waals surface area contributed by atoms with E-state index in [0.29, 0.717) is 6.54 Å². The number of para-hydroxylation sites is 2. The Hall–Kier alpha value is -2.55. The number of hydrogen-bond acceptors (Lipinski definition) is 1. The molecule has 0 atom stereocenters. The van der Waals surface area contributed by atoms with Crippen molar-refractivity contribution in [3.63, 3.8) is 0 Å². The number of amides is 1. The molecule has 0 aliphatic carbocycles. The molecule has 0 radical (unpaired) electrons. The fourth-order valence-corrected chi connectivity index (χ4v) is 3.07. The Morgan fingerprint density at radius 3 is 2.70 bits per heavy atom. The van der Waals surface area contributed by atoms with Gasteiger partial charge in [-0.15, -0.1) is 0 Å². The molecular weight excluding hydrogens is 248 g/mol. The van der Waals surface area contributed by atoms with Crippen LogP contribution in [0.1, 0.15) is 12.6 Å². The predicted octanol–water partition coefficient (Wildman–Crippen LogP) is 3.70. The van der Waals surface area contributed by atoms with Crippen LogP contribution in [0.2, 0.25) is 0 Å². The summed E-state index contributed by atoms with van der Waals surface area (Å²) < 4.78 is 0. The summed E-state index contributed by atoms with van der Waals surface area (Å²) in [5.41, 5.74) is 5.59. The van der Waals surface area contributed by atoms with Crippen molar-refractivity contribution in [2.24, 2.45) is 0 Å². The summed E-state index contributed by atoms with van der Waals surface area (Å²) in [7, 11) is 0. The number of carbonyl (C=O) groups excluding carboxylic acids is 1. The van der Waals surface area contributed by atoms with Gasteiger partial charge in [-0.05, 0) is 12.1 Å². The third-order valence-corrected chi connectivity index (χ3v) is 3.94. The number of anilines is 1. The number of nitrogens with zero attached hydrogens (tertiary/aromatic N) is 1. The highest BCUT2D eigenvalue weighted by molar-refractivity contribution is 6.06. The minimum atomic E-state index is 0.0711. The fraction of sp³-hybridized carbons (Fsp3) is 0.118. The molecule has 0 saturated heterocycles. The number of aromatic amines is 1. The topological polar surface area (TPSA) is 36.1 Å². The lowest BCUT2D eigenvalue weighted by molar-refractivity contribution is -0.116. The zero-order chi connectivity index (χ0) is 13.7. The predicted molar refractivity (Wildman–Crippen MR) is 80.6 cm³/mol. The second-order valence-corrected chi connectivity index (χ2v) is 5.15. The van der Waals surface area contributed by atoms with Gasteiger partial charge < -0.3 is 9.88 Å². The molecular formula is C17H14N2O. The van der Waals surface area contributed by atoms with Crippen LogP contribution in [0.3, 0.4) is 0 Å². The molecule has 0 fully saturated rings. The van der Waals surface area contributed by atoms with E-state index in [4.69, 9.17) is 0 Å². The zero-order valence-electron chi connectivity index (χ0n) is 11.2. The maximum atomic E-state index is 11.9. The van der Waals surface area contributed by atoms with Crippen molar-refractivity contribution in [3.8, 4) is 11.1 Å². The van der Waals surface area contributed by atoms with E-state index in [9.17, 15) is 4.79 Å². The first kappa shape index (κ1) is 11.3. The number of benzene rings is 2. The lowest BCUT2D eigenvalue weighted by Gasteiger charge is -2.28. The molecule has 0 unspecified atom stereocenters. The molecule has 20 heavy (non-hydrogen) atoms. The monoisotopic (exact) mass is 262 g/mol. The zero-order valence-corrected chi connectivity index (χ0v) is 11.2. The Labute approximate surface area is 116 Å². The molecule has 1 aliphatic rings. The van der Waals surface area contributed by atoms with E-state index in [1.54, 1.807) is 6.92 Å². The van der Waals surface area contributed by atoms with Gasteiger partial charge in [0.25, 0.3) is 0 Å². The van der Waals surface area contributed by atoms with Crippen molar-refractivity contribution in [2.75, 3.05) is 4.90 Å².